The molecule has 1 N–H and O–H groups in total. The standard InChI is InChI=1S/C15H20N2O/c1-10-6-7-14(11(2)8-10)17-12(3)13(9-16-17)15(4,5)18/h6-9,18H,1-5H3. The second-order valence-electron chi connectivity index (χ2n) is 5.40. The fraction of sp³-hybridized carbons (Fsp3) is 0.400. The van der Waals surface area contributed by atoms with Crippen LogP contribution in [-0.2, 0) is 5.60 Å². The second-order valence-corrected chi connectivity index (χ2v) is 5.40. The molecule has 2 aromatic rings. The first-order valence-corrected chi connectivity index (χ1v) is 6.16. The Morgan fingerprint density at radius 1 is 1.17 bits per heavy atom. The number of aryl methyl sites for hydroxylation is 2. The van der Waals surface area contributed by atoms with E-state index in [-0.39, 0.29) is 0 Å². The van der Waals surface area contributed by atoms with Crippen molar-refractivity contribution in [1.29, 1.82) is 0 Å². The van der Waals surface area contributed by atoms with Crippen molar-refractivity contribution in [3.63, 3.8) is 0 Å². The fourth-order valence-electron chi connectivity index (χ4n) is 2.30. The summed E-state index contributed by atoms with van der Waals surface area (Å²) in [6, 6.07) is 6.28. The molecule has 0 bridgehead atoms. The Bertz CT molecular complexity index is 577. The molecular weight excluding hydrogens is 224 g/mol. The zero-order valence-corrected chi connectivity index (χ0v) is 11.7. The van der Waals surface area contributed by atoms with Gasteiger partial charge in [0, 0.05) is 11.3 Å². The minimum absolute atomic E-state index is 0.860. The Morgan fingerprint density at radius 3 is 2.33 bits per heavy atom. The first-order valence-electron chi connectivity index (χ1n) is 6.16. The maximum Gasteiger partial charge on any atom is 0.0873 e. The van der Waals surface area contributed by atoms with Crippen LogP contribution in [0.5, 0.6) is 0 Å². The van der Waals surface area contributed by atoms with E-state index in [1.54, 1.807) is 20.0 Å². The predicted molar refractivity (Wildman–Crippen MR) is 73.0 cm³/mol. The summed E-state index contributed by atoms with van der Waals surface area (Å²) >= 11 is 0. The largest absolute Gasteiger partial charge is 0.386 e. The van der Waals surface area contributed by atoms with Crippen molar-refractivity contribution < 1.29 is 5.11 Å². The molecule has 0 fully saturated rings. The molecule has 0 unspecified atom stereocenters. The number of nitrogens with zero attached hydrogens (tertiary/aromatic N) is 2. The number of benzene rings is 1. The summed E-state index contributed by atoms with van der Waals surface area (Å²) in [5, 5.41) is 14.5. The zero-order chi connectivity index (χ0) is 13.5. The van der Waals surface area contributed by atoms with Crippen LogP contribution in [0.2, 0.25) is 0 Å². The van der Waals surface area contributed by atoms with E-state index in [0.717, 1.165) is 16.9 Å². The number of hydrogen-bond donors (Lipinski definition) is 1. The van der Waals surface area contributed by atoms with E-state index in [2.05, 4.69) is 37.1 Å². The Morgan fingerprint density at radius 2 is 1.83 bits per heavy atom. The molecule has 2 rings (SSSR count). The quantitative estimate of drug-likeness (QED) is 0.881. The van der Waals surface area contributed by atoms with E-state index in [1.807, 2.05) is 11.6 Å². The number of hydrogen-bond acceptors (Lipinski definition) is 2. The van der Waals surface area contributed by atoms with Crippen LogP contribution in [0, 0.1) is 20.8 Å². The van der Waals surface area contributed by atoms with Crippen molar-refractivity contribution in [3.05, 3.63) is 46.8 Å². The number of aliphatic hydroxyl groups is 1. The van der Waals surface area contributed by atoms with Crippen LogP contribution in [0.1, 0.15) is 36.2 Å². The smallest absolute Gasteiger partial charge is 0.0873 e. The van der Waals surface area contributed by atoms with Gasteiger partial charge >= 0.3 is 0 Å². The monoisotopic (exact) mass is 244 g/mol. The molecule has 0 saturated heterocycles. The molecule has 0 saturated carbocycles. The van der Waals surface area contributed by atoms with E-state index >= 15 is 0 Å². The molecule has 0 radical (unpaired) electrons. The first-order chi connectivity index (χ1) is 8.30. The van der Waals surface area contributed by atoms with Gasteiger partial charge in [0.2, 0.25) is 0 Å². The molecule has 0 amide bonds. The van der Waals surface area contributed by atoms with Gasteiger partial charge in [-0.15, -0.1) is 0 Å². The third-order valence-electron chi connectivity index (χ3n) is 3.25. The summed E-state index contributed by atoms with van der Waals surface area (Å²) in [6.45, 7) is 9.70. The number of rotatable bonds is 2. The van der Waals surface area contributed by atoms with Crippen LogP contribution in [0.15, 0.2) is 24.4 Å². The maximum absolute atomic E-state index is 10.1. The average molecular weight is 244 g/mol. The molecule has 0 aliphatic heterocycles. The highest BCUT2D eigenvalue weighted by molar-refractivity contribution is 5.44. The van der Waals surface area contributed by atoms with Gasteiger partial charge in [-0.25, -0.2) is 4.68 Å². The Hall–Kier alpha value is -1.61. The molecule has 0 spiro atoms. The molecule has 3 heteroatoms. The van der Waals surface area contributed by atoms with Gasteiger partial charge in [-0.3, -0.25) is 0 Å². The van der Waals surface area contributed by atoms with Crippen molar-refractivity contribution in [3.8, 4) is 5.69 Å². The van der Waals surface area contributed by atoms with Crippen molar-refractivity contribution in [2.75, 3.05) is 0 Å². The van der Waals surface area contributed by atoms with Crippen LogP contribution in [0.3, 0.4) is 0 Å². The Balaban J connectivity index is 2.56. The van der Waals surface area contributed by atoms with Crippen molar-refractivity contribution in [2.24, 2.45) is 0 Å². The minimum Gasteiger partial charge on any atom is -0.386 e. The SMILES string of the molecule is Cc1ccc(-n2ncc(C(C)(C)O)c2C)c(C)c1. The van der Waals surface area contributed by atoms with E-state index in [0.29, 0.717) is 0 Å². The Labute approximate surface area is 108 Å². The van der Waals surface area contributed by atoms with Crippen LogP contribution in [0.25, 0.3) is 5.69 Å². The van der Waals surface area contributed by atoms with E-state index in [9.17, 15) is 5.11 Å². The lowest BCUT2D eigenvalue weighted by Gasteiger charge is -2.17. The first kappa shape index (κ1) is 12.8. The summed E-state index contributed by atoms with van der Waals surface area (Å²) in [7, 11) is 0. The van der Waals surface area contributed by atoms with E-state index in [1.165, 1.54) is 11.1 Å². The maximum atomic E-state index is 10.1. The van der Waals surface area contributed by atoms with Crippen molar-refractivity contribution >= 4 is 0 Å². The van der Waals surface area contributed by atoms with E-state index < -0.39 is 5.60 Å². The van der Waals surface area contributed by atoms with Gasteiger partial charge in [-0.05, 0) is 46.2 Å². The summed E-state index contributed by atoms with van der Waals surface area (Å²) in [5.74, 6) is 0. The number of aromatic nitrogens is 2. The van der Waals surface area contributed by atoms with Crippen LogP contribution in [-0.4, -0.2) is 14.9 Å². The lowest BCUT2D eigenvalue weighted by atomic mass is 9.99. The second kappa shape index (κ2) is 4.25. The van der Waals surface area contributed by atoms with E-state index in [4.69, 9.17) is 0 Å². The van der Waals surface area contributed by atoms with Crippen LogP contribution >= 0.6 is 0 Å². The van der Waals surface area contributed by atoms with Gasteiger partial charge in [0.15, 0.2) is 0 Å². The Kier molecular flexibility index (Phi) is 3.03. The molecular formula is C15H20N2O. The molecule has 18 heavy (non-hydrogen) atoms. The van der Waals surface area contributed by atoms with Gasteiger partial charge in [0.1, 0.15) is 0 Å². The van der Waals surface area contributed by atoms with Gasteiger partial charge in [-0.2, -0.15) is 5.10 Å². The molecule has 96 valence electrons. The molecule has 1 aromatic heterocycles. The third kappa shape index (κ3) is 2.18. The lowest BCUT2D eigenvalue weighted by molar-refractivity contribution is 0.0779. The highest BCUT2D eigenvalue weighted by Gasteiger charge is 2.22. The predicted octanol–water partition coefficient (Wildman–Crippen LogP) is 3.02. The van der Waals surface area contributed by atoms with Gasteiger partial charge in [-0.1, -0.05) is 17.7 Å². The highest BCUT2D eigenvalue weighted by atomic mass is 16.3. The fourth-order valence-corrected chi connectivity index (χ4v) is 2.30. The van der Waals surface area contributed by atoms with Gasteiger partial charge in [0.25, 0.3) is 0 Å². The molecule has 3 nitrogen and oxygen atoms in total. The highest BCUT2D eigenvalue weighted by Crippen LogP contribution is 2.26. The molecule has 1 heterocycles. The van der Waals surface area contributed by atoms with Gasteiger partial charge in [0.05, 0.1) is 17.5 Å². The third-order valence-corrected chi connectivity index (χ3v) is 3.25. The molecule has 1 aromatic carbocycles. The summed E-state index contributed by atoms with van der Waals surface area (Å²) in [4.78, 5) is 0. The van der Waals surface area contributed by atoms with Crippen LogP contribution in [0.4, 0.5) is 0 Å². The topological polar surface area (TPSA) is 38.0 Å². The summed E-state index contributed by atoms with van der Waals surface area (Å²) in [6.07, 6.45) is 1.74. The molecule has 0 aliphatic carbocycles. The normalized spacial score (nSPS) is 11.9. The average Bonchev–Trinajstić information content (AvgIpc) is 2.60. The zero-order valence-electron chi connectivity index (χ0n) is 11.7. The van der Waals surface area contributed by atoms with Crippen molar-refractivity contribution in [1.82, 2.24) is 9.78 Å². The van der Waals surface area contributed by atoms with Gasteiger partial charge < -0.3 is 5.11 Å². The molecule has 0 aliphatic rings. The summed E-state index contributed by atoms with van der Waals surface area (Å²) in [5.41, 5.74) is 4.47. The van der Waals surface area contributed by atoms with Crippen molar-refractivity contribution in [2.45, 2.75) is 40.2 Å². The minimum atomic E-state index is -0.860. The molecule has 0 atom stereocenters. The lowest BCUT2D eigenvalue weighted by Crippen LogP contribution is -2.16. The summed E-state index contributed by atoms with van der Waals surface area (Å²) < 4.78 is 1.89. The van der Waals surface area contributed by atoms with Crippen LogP contribution < -0.4 is 0 Å².